The summed E-state index contributed by atoms with van der Waals surface area (Å²) in [6.07, 6.45) is 0. The first kappa shape index (κ1) is 32.8. The number of hydrogen-bond donors (Lipinski definition) is 0. The zero-order valence-electron chi connectivity index (χ0n) is 32.3. The minimum absolute atomic E-state index is 0.230. The fourth-order valence-corrected chi connectivity index (χ4v) is 9.66. The van der Waals surface area contributed by atoms with Gasteiger partial charge in [-0.25, -0.2) is 0 Å². The van der Waals surface area contributed by atoms with E-state index >= 15 is 0 Å². The smallest absolute Gasteiger partial charge is 0.135 e. The van der Waals surface area contributed by atoms with E-state index in [1.54, 1.807) is 0 Å². The Kier molecular flexibility index (Phi) is 6.98. The summed E-state index contributed by atoms with van der Waals surface area (Å²) in [6, 6.07) is 70.8. The van der Waals surface area contributed by atoms with Gasteiger partial charge in [0.1, 0.15) is 11.2 Å². The molecule has 58 heavy (non-hydrogen) atoms. The highest BCUT2D eigenvalue weighted by Gasteiger charge is 2.36. The highest BCUT2D eigenvalue weighted by atomic mass is 16.3. The van der Waals surface area contributed by atoms with Gasteiger partial charge in [-0.3, -0.25) is 0 Å². The standard InChI is InChI=1S/C55H38N2O/c1-55(2)49-33-41(25-28-43(49)44-29-26-42(34-50(44)55)57-51-16-8-5-13-45(51)46-14-6-9-17-52(46)57)56(40-27-30-54-48(32-40)47-15-7-10-18-53(47)58-54)39-23-21-36(22-24-39)38-20-19-35-11-3-4-12-37(35)31-38/h3-34H,1-2H3. The average Bonchev–Trinajstić information content (AvgIpc) is 3.89. The number of fused-ring (bicyclic) bond motifs is 10. The number of furan rings is 1. The number of para-hydroxylation sites is 3. The van der Waals surface area contributed by atoms with Crippen molar-refractivity contribution < 1.29 is 4.42 Å². The summed E-state index contributed by atoms with van der Waals surface area (Å²) in [4.78, 5) is 2.40. The van der Waals surface area contributed by atoms with Crippen molar-refractivity contribution in [2.75, 3.05) is 4.90 Å². The lowest BCUT2D eigenvalue weighted by molar-refractivity contribution is 0.660. The Balaban J connectivity index is 0.991. The Morgan fingerprint density at radius 2 is 0.983 bits per heavy atom. The maximum atomic E-state index is 6.28. The minimum atomic E-state index is -0.230. The molecule has 1 aliphatic carbocycles. The molecule has 11 aromatic rings. The van der Waals surface area contributed by atoms with Gasteiger partial charge in [-0.15, -0.1) is 0 Å². The van der Waals surface area contributed by atoms with Gasteiger partial charge in [-0.2, -0.15) is 0 Å². The van der Waals surface area contributed by atoms with E-state index in [-0.39, 0.29) is 5.41 Å². The van der Waals surface area contributed by atoms with Crippen molar-refractivity contribution >= 4 is 71.6 Å². The van der Waals surface area contributed by atoms with Gasteiger partial charge in [-0.05, 0) is 123 Å². The molecule has 0 saturated carbocycles. The number of hydrogen-bond acceptors (Lipinski definition) is 2. The summed E-state index contributed by atoms with van der Waals surface area (Å²) in [5.41, 5.74) is 16.2. The van der Waals surface area contributed by atoms with Crippen molar-refractivity contribution in [3.05, 3.63) is 205 Å². The third-order valence-corrected chi connectivity index (χ3v) is 12.6. The van der Waals surface area contributed by atoms with Gasteiger partial charge in [0.15, 0.2) is 0 Å². The molecule has 0 spiro atoms. The molecule has 3 nitrogen and oxygen atoms in total. The molecule has 0 bridgehead atoms. The second-order valence-corrected chi connectivity index (χ2v) is 16.2. The summed E-state index contributed by atoms with van der Waals surface area (Å²) in [6.45, 7) is 4.76. The molecule has 0 radical (unpaired) electrons. The van der Waals surface area contributed by atoms with Gasteiger partial charge < -0.3 is 13.9 Å². The summed E-state index contributed by atoms with van der Waals surface area (Å²) in [7, 11) is 0. The molecule has 0 fully saturated rings. The first-order chi connectivity index (χ1) is 28.5. The molecule has 1 aliphatic rings. The molecule has 12 rings (SSSR count). The van der Waals surface area contributed by atoms with Crippen LogP contribution in [0.25, 0.3) is 82.5 Å². The van der Waals surface area contributed by atoms with E-state index in [0.29, 0.717) is 0 Å². The molecular weight excluding hydrogens is 705 g/mol. The first-order valence-electron chi connectivity index (χ1n) is 20.1. The van der Waals surface area contributed by atoms with Gasteiger partial charge in [0, 0.05) is 49.7 Å². The van der Waals surface area contributed by atoms with Crippen LogP contribution in [0.2, 0.25) is 0 Å². The number of nitrogens with zero attached hydrogens (tertiary/aromatic N) is 2. The molecule has 9 aromatic carbocycles. The Hall–Kier alpha value is -7.36. The van der Waals surface area contributed by atoms with Crippen molar-refractivity contribution in [2.24, 2.45) is 0 Å². The van der Waals surface area contributed by atoms with Crippen LogP contribution in [0.3, 0.4) is 0 Å². The van der Waals surface area contributed by atoms with Crippen LogP contribution in [0.5, 0.6) is 0 Å². The molecule has 0 saturated heterocycles. The molecule has 0 aliphatic heterocycles. The number of rotatable bonds is 5. The molecular formula is C55H38N2O. The van der Waals surface area contributed by atoms with Crippen LogP contribution in [0.4, 0.5) is 17.1 Å². The highest BCUT2D eigenvalue weighted by Crippen LogP contribution is 2.52. The van der Waals surface area contributed by atoms with Crippen molar-refractivity contribution in [1.82, 2.24) is 4.57 Å². The Labute approximate surface area is 336 Å². The van der Waals surface area contributed by atoms with Crippen LogP contribution in [-0.2, 0) is 5.41 Å². The Morgan fingerprint density at radius 3 is 1.76 bits per heavy atom. The second kappa shape index (κ2) is 12.3. The van der Waals surface area contributed by atoms with E-state index in [0.717, 1.165) is 39.0 Å². The average molecular weight is 743 g/mol. The van der Waals surface area contributed by atoms with E-state index in [1.807, 2.05) is 12.1 Å². The van der Waals surface area contributed by atoms with Crippen molar-refractivity contribution in [2.45, 2.75) is 19.3 Å². The lowest BCUT2D eigenvalue weighted by atomic mass is 9.82. The van der Waals surface area contributed by atoms with Crippen molar-refractivity contribution in [1.29, 1.82) is 0 Å². The van der Waals surface area contributed by atoms with Gasteiger partial charge in [0.05, 0.1) is 11.0 Å². The highest BCUT2D eigenvalue weighted by molar-refractivity contribution is 6.09. The number of aromatic nitrogens is 1. The zero-order chi connectivity index (χ0) is 38.5. The maximum absolute atomic E-state index is 6.28. The van der Waals surface area contributed by atoms with Crippen molar-refractivity contribution in [3.8, 4) is 27.9 Å². The van der Waals surface area contributed by atoms with Crippen LogP contribution in [-0.4, -0.2) is 4.57 Å². The SMILES string of the molecule is CC1(C)c2cc(N(c3ccc(-c4ccc5ccccc5c4)cc3)c3ccc4oc5ccccc5c4c3)ccc2-c2ccc(-n3c4ccccc4c4ccccc43)cc21. The molecule has 0 atom stereocenters. The van der Waals surface area contributed by atoms with Gasteiger partial charge in [0.25, 0.3) is 0 Å². The maximum Gasteiger partial charge on any atom is 0.135 e. The molecule has 274 valence electrons. The van der Waals surface area contributed by atoms with E-state index in [2.05, 4.69) is 205 Å². The van der Waals surface area contributed by atoms with Crippen LogP contribution >= 0.6 is 0 Å². The summed E-state index contributed by atoms with van der Waals surface area (Å²) >= 11 is 0. The summed E-state index contributed by atoms with van der Waals surface area (Å²) < 4.78 is 8.71. The van der Waals surface area contributed by atoms with Crippen LogP contribution in [0.1, 0.15) is 25.0 Å². The van der Waals surface area contributed by atoms with Crippen LogP contribution in [0, 0.1) is 0 Å². The quantitative estimate of drug-likeness (QED) is 0.175. The monoisotopic (exact) mass is 742 g/mol. The van der Waals surface area contributed by atoms with Crippen molar-refractivity contribution in [3.63, 3.8) is 0 Å². The zero-order valence-corrected chi connectivity index (χ0v) is 32.3. The number of benzene rings is 9. The largest absolute Gasteiger partial charge is 0.456 e. The predicted octanol–water partition coefficient (Wildman–Crippen LogP) is 15.3. The number of anilines is 3. The predicted molar refractivity (Wildman–Crippen MR) is 243 cm³/mol. The van der Waals surface area contributed by atoms with Gasteiger partial charge in [0.2, 0.25) is 0 Å². The van der Waals surface area contributed by atoms with E-state index in [4.69, 9.17) is 4.42 Å². The summed E-state index contributed by atoms with van der Waals surface area (Å²) in [5.74, 6) is 0. The first-order valence-corrected chi connectivity index (χ1v) is 20.1. The minimum Gasteiger partial charge on any atom is -0.456 e. The van der Waals surface area contributed by atoms with Gasteiger partial charge >= 0.3 is 0 Å². The van der Waals surface area contributed by atoms with E-state index < -0.39 is 0 Å². The normalized spacial score (nSPS) is 13.1. The molecule has 2 aromatic heterocycles. The fraction of sp³-hybridized carbons (Fsp3) is 0.0545. The third kappa shape index (κ3) is 4.86. The van der Waals surface area contributed by atoms with Crippen LogP contribution in [0.15, 0.2) is 199 Å². The molecule has 3 heteroatoms. The molecule has 0 unspecified atom stereocenters. The lowest BCUT2D eigenvalue weighted by Crippen LogP contribution is -2.17. The molecule has 0 N–H and O–H groups in total. The van der Waals surface area contributed by atoms with Crippen LogP contribution < -0.4 is 4.90 Å². The Bertz CT molecular complexity index is 3380. The molecule has 2 heterocycles. The van der Waals surface area contributed by atoms with Gasteiger partial charge in [-0.1, -0.05) is 129 Å². The fourth-order valence-electron chi connectivity index (χ4n) is 9.66. The Morgan fingerprint density at radius 1 is 0.414 bits per heavy atom. The van der Waals surface area contributed by atoms with E-state index in [9.17, 15) is 0 Å². The second-order valence-electron chi connectivity index (χ2n) is 16.2. The molecule has 0 amide bonds. The topological polar surface area (TPSA) is 21.3 Å². The summed E-state index contributed by atoms with van der Waals surface area (Å²) in [5, 5.41) is 7.28. The lowest BCUT2D eigenvalue weighted by Gasteiger charge is -2.28. The third-order valence-electron chi connectivity index (χ3n) is 12.6. The van der Waals surface area contributed by atoms with E-state index in [1.165, 1.54) is 71.6 Å².